The standard InChI is InChI=1S/C55H88O10/c1-3-5-7-9-11-13-15-17-19-21-23-24-26-28-30-32-34-36-38-40-42-44-51(58)64-48(47-63-55-54(61)53(60)52(59)49(45-56)65-55)46-62-50(57)43-41-39-37-35-33-31-29-27-25-22-20-18-16-14-12-10-8-6-4-2/h6,8,12,14,18-21,24-27,30-33,36,38,48-49,52-56,59-61H,3-5,7,9-11,13,15-17,22-23,28-29,34-35,37,39-47H2,1-2H3/b8-6+,14-12+,20-18+,21-19+,26-24+,27-25+,32-30+,33-31+,38-36+/t48-,49-,52+,53?,54?,55-/m1/s1. The second-order valence-corrected chi connectivity index (χ2v) is 16.5. The molecule has 6 atom stereocenters. The monoisotopic (exact) mass is 909 g/mol. The number of ether oxygens (including phenoxy) is 4. The van der Waals surface area contributed by atoms with Gasteiger partial charge in [-0.1, -0.05) is 168 Å². The maximum atomic E-state index is 12.8. The van der Waals surface area contributed by atoms with Gasteiger partial charge in [-0.15, -0.1) is 0 Å². The topological polar surface area (TPSA) is 152 Å². The van der Waals surface area contributed by atoms with Crippen molar-refractivity contribution in [1.29, 1.82) is 0 Å². The van der Waals surface area contributed by atoms with Crippen LogP contribution in [-0.2, 0) is 28.5 Å². The summed E-state index contributed by atoms with van der Waals surface area (Å²) in [6.07, 6.45) is 53.9. The zero-order valence-electron chi connectivity index (χ0n) is 40.2. The minimum atomic E-state index is -1.62. The molecule has 0 spiro atoms. The van der Waals surface area contributed by atoms with E-state index in [9.17, 15) is 30.0 Å². The summed E-state index contributed by atoms with van der Waals surface area (Å²) in [5, 5.41) is 40.2. The van der Waals surface area contributed by atoms with Crippen LogP contribution >= 0.6 is 0 Å². The summed E-state index contributed by atoms with van der Waals surface area (Å²) in [6.45, 7) is 3.21. The van der Waals surface area contributed by atoms with E-state index in [4.69, 9.17) is 18.9 Å². The zero-order valence-corrected chi connectivity index (χ0v) is 40.2. The third kappa shape index (κ3) is 35.3. The molecule has 65 heavy (non-hydrogen) atoms. The lowest BCUT2D eigenvalue weighted by atomic mass is 9.99. The Morgan fingerprint density at radius 2 is 0.923 bits per heavy atom. The number of aliphatic hydroxyl groups is 4. The number of carbonyl (C=O) groups excluding carboxylic acids is 2. The lowest BCUT2D eigenvalue weighted by molar-refractivity contribution is -0.305. The fourth-order valence-corrected chi connectivity index (χ4v) is 6.74. The summed E-state index contributed by atoms with van der Waals surface area (Å²) in [5.74, 6) is -0.920. The van der Waals surface area contributed by atoms with Gasteiger partial charge in [0.1, 0.15) is 31.0 Å². The quantitative estimate of drug-likeness (QED) is 0.0266. The van der Waals surface area contributed by atoms with Gasteiger partial charge in [0.05, 0.1) is 13.2 Å². The van der Waals surface area contributed by atoms with Gasteiger partial charge in [-0.05, 0) is 96.3 Å². The van der Waals surface area contributed by atoms with E-state index in [1.807, 2.05) is 6.08 Å². The number of hydrogen-bond acceptors (Lipinski definition) is 10. The lowest BCUT2D eigenvalue weighted by Crippen LogP contribution is -2.59. The molecular formula is C55H88O10. The van der Waals surface area contributed by atoms with Crippen LogP contribution in [0.3, 0.4) is 0 Å². The molecule has 0 aromatic rings. The van der Waals surface area contributed by atoms with Gasteiger partial charge in [0, 0.05) is 12.8 Å². The SMILES string of the molecule is CC/C=C/C/C=C/C/C=C/C/C=C/C/C=C/CCCCCC(=O)OC[C@H](CO[C@@H]1O[C@H](CO)[C@H](O)C(O)C1O)OC(=O)CCC/C=C/C/C=C/C/C=C/C/C=C/CCCCCCCCC. The zero-order chi connectivity index (χ0) is 47.3. The molecule has 0 radical (unpaired) electrons. The van der Waals surface area contributed by atoms with E-state index in [0.717, 1.165) is 70.6 Å². The molecule has 10 heteroatoms. The van der Waals surface area contributed by atoms with Gasteiger partial charge in [0.2, 0.25) is 0 Å². The van der Waals surface area contributed by atoms with Gasteiger partial charge in [-0.3, -0.25) is 9.59 Å². The molecule has 4 N–H and O–H groups in total. The highest BCUT2D eigenvalue weighted by Crippen LogP contribution is 2.22. The van der Waals surface area contributed by atoms with Crippen LogP contribution in [0.5, 0.6) is 0 Å². The average Bonchev–Trinajstić information content (AvgIpc) is 3.30. The van der Waals surface area contributed by atoms with E-state index in [1.165, 1.54) is 51.4 Å². The lowest BCUT2D eigenvalue weighted by Gasteiger charge is -2.39. The van der Waals surface area contributed by atoms with E-state index < -0.39 is 55.4 Å². The fraction of sp³-hybridized carbons (Fsp3) is 0.636. The second-order valence-electron chi connectivity index (χ2n) is 16.5. The van der Waals surface area contributed by atoms with Crippen LogP contribution in [-0.4, -0.2) is 89.0 Å². The van der Waals surface area contributed by atoms with Gasteiger partial charge < -0.3 is 39.4 Å². The number of hydrogen-bond donors (Lipinski definition) is 4. The number of esters is 2. The van der Waals surface area contributed by atoms with Gasteiger partial charge in [0.25, 0.3) is 0 Å². The van der Waals surface area contributed by atoms with Crippen LogP contribution in [0.15, 0.2) is 109 Å². The molecule has 368 valence electrons. The molecule has 1 aliphatic rings. The number of allylic oxidation sites excluding steroid dienone is 18. The Kier molecular flexibility index (Phi) is 40.4. The summed E-state index contributed by atoms with van der Waals surface area (Å²) < 4.78 is 22.1. The molecule has 0 amide bonds. The number of rotatable bonds is 40. The predicted molar refractivity (Wildman–Crippen MR) is 265 cm³/mol. The Morgan fingerprint density at radius 1 is 0.492 bits per heavy atom. The third-order valence-corrected chi connectivity index (χ3v) is 10.6. The molecule has 0 saturated carbocycles. The second kappa shape index (κ2) is 44.2. The Bertz CT molecular complexity index is 1420. The smallest absolute Gasteiger partial charge is 0.306 e. The Labute approximate surface area is 393 Å². The fourth-order valence-electron chi connectivity index (χ4n) is 6.74. The molecule has 0 bridgehead atoms. The van der Waals surface area contributed by atoms with Crippen molar-refractivity contribution in [2.45, 2.75) is 205 Å². The van der Waals surface area contributed by atoms with E-state index >= 15 is 0 Å². The third-order valence-electron chi connectivity index (χ3n) is 10.6. The van der Waals surface area contributed by atoms with Crippen molar-refractivity contribution < 1.29 is 49.0 Å². The highest BCUT2D eigenvalue weighted by Gasteiger charge is 2.44. The average molecular weight is 909 g/mol. The highest BCUT2D eigenvalue weighted by molar-refractivity contribution is 5.70. The Balaban J connectivity index is 2.37. The first-order chi connectivity index (χ1) is 31.8. The Morgan fingerprint density at radius 3 is 1.42 bits per heavy atom. The van der Waals surface area contributed by atoms with Crippen LogP contribution < -0.4 is 0 Å². The van der Waals surface area contributed by atoms with E-state index in [2.05, 4.69) is 117 Å². The van der Waals surface area contributed by atoms with Crippen molar-refractivity contribution in [3.63, 3.8) is 0 Å². The predicted octanol–water partition coefficient (Wildman–Crippen LogP) is 11.7. The number of aliphatic hydroxyl groups excluding tert-OH is 4. The molecule has 1 aliphatic heterocycles. The molecule has 2 unspecified atom stereocenters. The maximum absolute atomic E-state index is 12.8. The van der Waals surface area contributed by atoms with Crippen molar-refractivity contribution in [2.75, 3.05) is 19.8 Å². The van der Waals surface area contributed by atoms with Crippen molar-refractivity contribution in [2.24, 2.45) is 0 Å². The molecule has 1 fully saturated rings. The van der Waals surface area contributed by atoms with E-state index in [-0.39, 0.29) is 26.1 Å². The first-order valence-electron chi connectivity index (χ1n) is 25.0. The highest BCUT2D eigenvalue weighted by atomic mass is 16.7. The first kappa shape index (κ1) is 59.4. The van der Waals surface area contributed by atoms with Crippen LogP contribution in [0.1, 0.15) is 168 Å². The minimum Gasteiger partial charge on any atom is -0.462 e. The number of carbonyl (C=O) groups is 2. The van der Waals surface area contributed by atoms with Crippen LogP contribution in [0.25, 0.3) is 0 Å². The molecule has 0 aliphatic carbocycles. The van der Waals surface area contributed by atoms with Crippen molar-refractivity contribution in [3.8, 4) is 0 Å². The Hall–Kier alpha value is -3.64. The molecule has 1 rings (SSSR count). The molecular weight excluding hydrogens is 821 g/mol. The van der Waals surface area contributed by atoms with Crippen molar-refractivity contribution in [1.82, 2.24) is 0 Å². The summed E-state index contributed by atoms with van der Waals surface area (Å²) >= 11 is 0. The van der Waals surface area contributed by atoms with Gasteiger partial charge in [-0.25, -0.2) is 0 Å². The van der Waals surface area contributed by atoms with Crippen molar-refractivity contribution >= 4 is 11.9 Å². The maximum Gasteiger partial charge on any atom is 0.306 e. The first-order valence-corrected chi connectivity index (χ1v) is 25.0. The van der Waals surface area contributed by atoms with Crippen molar-refractivity contribution in [3.05, 3.63) is 109 Å². The number of unbranched alkanes of at least 4 members (excludes halogenated alkanes) is 11. The van der Waals surface area contributed by atoms with Crippen LogP contribution in [0, 0.1) is 0 Å². The summed E-state index contributed by atoms with van der Waals surface area (Å²) in [4.78, 5) is 25.4. The molecule has 1 heterocycles. The van der Waals surface area contributed by atoms with Crippen LogP contribution in [0.2, 0.25) is 0 Å². The molecule has 1 saturated heterocycles. The largest absolute Gasteiger partial charge is 0.462 e. The summed E-state index contributed by atoms with van der Waals surface area (Å²) in [6, 6.07) is 0. The van der Waals surface area contributed by atoms with Gasteiger partial charge in [-0.2, -0.15) is 0 Å². The van der Waals surface area contributed by atoms with E-state index in [0.29, 0.717) is 19.3 Å². The van der Waals surface area contributed by atoms with E-state index in [1.54, 1.807) is 0 Å². The summed E-state index contributed by atoms with van der Waals surface area (Å²) in [7, 11) is 0. The van der Waals surface area contributed by atoms with Gasteiger partial charge in [0.15, 0.2) is 12.4 Å². The summed E-state index contributed by atoms with van der Waals surface area (Å²) in [5.41, 5.74) is 0. The van der Waals surface area contributed by atoms with Gasteiger partial charge >= 0.3 is 11.9 Å². The molecule has 0 aromatic carbocycles. The molecule has 0 aromatic heterocycles. The minimum absolute atomic E-state index is 0.140. The normalized spacial score (nSPS) is 20.2. The molecule has 10 nitrogen and oxygen atoms in total. The van der Waals surface area contributed by atoms with Crippen LogP contribution in [0.4, 0.5) is 0 Å².